The zero-order valence-electron chi connectivity index (χ0n) is 11.0. The van der Waals surface area contributed by atoms with Gasteiger partial charge in [-0.15, -0.1) is 6.58 Å². The number of ether oxygens (including phenoxy) is 1. The zero-order chi connectivity index (χ0) is 13.6. The third kappa shape index (κ3) is 3.83. The van der Waals surface area contributed by atoms with Crippen molar-refractivity contribution in [2.24, 2.45) is 0 Å². The molecule has 0 spiro atoms. The molecule has 1 aromatic carbocycles. The molecule has 0 aliphatic carbocycles. The largest absolute Gasteiger partial charge is 0.445 e. The minimum atomic E-state index is -0.366. The quantitative estimate of drug-likeness (QED) is 0.798. The lowest BCUT2D eigenvalue weighted by atomic mass is 9.94. The van der Waals surface area contributed by atoms with Gasteiger partial charge in [-0.05, 0) is 24.9 Å². The normalized spacial score (nSPS) is 21.9. The SMILES string of the molecule is C=CCC1(NC(=O)OCc2ccccc2)CCNC1. The predicted molar refractivity (Wildman–Crippen MR) is 74.8 cm³/mol. The van der Waals surface area contributed by atoms with Crippen LogP contribution < -0.4 is 10.6 Å². The Morgan fingerprint density at radius 1 is 1.47 bits per heavy atom. The number of benzene rings is 1. The van der Waals surface area contributed by atoms with Crippen LogP contribution in [0.25, 0.3) is 0 Å². The molecule has 1 aliphatic rings. The Labute approximate surface area is 113 Å². The lowest BCUT2D eigenvalue weighted by Gasteiger charge is -2.27. The van der Waals surface area contributed by atoms with Crippen LogP contribution in [0.3, 0.4) is 0 Å². The first-order chi connectivity index (χ1) is 9.24. The summed E-state index contributed by atoms with van der Waals surface area (Å²) in [5.41, 5.74) is 0.746. The molecule has 0 saturated carbocycles. The molecule has 1 amide bonds. The molecule has 0 bridgehead atoms. The smallest absolute Gasteiger partial charge is 0.407 e. The molecular formula is C15H20N2O2. The van der Waals surface area contributed by atoms with Gasteiger partial charge < -0.3 is 15.4 Å². The maximum absolute atomic E-state index is 11.9. The fourth-order valence-electron chi connectivity index (χ4n) is 2.33. The number of hydrogen-bond acceptors (Lipinski definition) is 3. The maximum atomic E-state index is 11.9. The second-order valence-electron chi connectivity index (χ2n) is 4.89. The molecule has 0 aromatic heterocycles. The topological polar surface area (TPSA) is 50.4 Å². The predicted octanol–water partition coefficient (Wildman–Crippen LogP) is 2.22. The van der Waals surface area contributed by atoms with Crippen LogP contribution >= 0.6 is 0 Å². The van der Waals surface area contributed by atoms with E-state index in [9.17, 15) is 4.79 Å². The zero-order valence-corrected chi connectivity index (χ0v) is 11.0. The van der Waals surface area contributed by atoms with Gasteiger partial charge in [-0.2, -0.15) is 0 Å². The van der Waals surface area contributed by atoms with Crippen molar-refractivity contribution >= 4 is 6.09 Å². The molecule has 2 rings (SSSR count). The van der Waals surface area contributed by atoms with Gasteiger partial charge in [-0.1, -0.05) is 36.4 Å². The van der Waals surface area contributed by atoms with E-state index in [1.165, 1.54) is 0 Å². The summed E-state index contributed by atoms with van der Waals surface area (Å²) in [6.45, 7) is 5.72. The molecule has 1 fully saturated rings. The Balaban J connectivity index is 1.84. The first-order valence-electron chi connectivity index (χ1n) is 6.55. The van der Waals surface area contributed by atoms with E-state index < -0.39 is 0 Å². The highest BCUT2D eigenvalue weighted by Gasteiger charge is 2.34. The molecule has 4 heteroatoms. The lowest BCUT2D eigenvalue weighted by Crippen LogP contribution is -2.49. The molecule has 2 N–H and O–H groups in total. The maximum Gasteiger partial charge on any atom is 0.407 e. The van der Waals surface area contributed by atoms with Gasteiger partial charge >= 0.3 is 6.09 Å². The van der Waals surface area contributed by atoms with E-state index in [1.807, 2.05) is 36.4 Å². The third-order valence-electron chi connectivity index (χ3n) is 3.36. The number of amides is 1. The highest BCUT2D eigenvalue weighted by molar-refractivity contribution is 5.68. The summed E-state index contributed by atoms with van der Waals surface area (Å²) < 4.78 is 5.25. The highest BCUT2D eigenvalue weighted by Crippen LogP contribution is 2.19. The molecule has 1 unspecified atom stereocenters. The average Bonchev–Trinajstić information content (AvgIpc) is 2.86. The molecule has 1 aliphatic heterocycles. The van der Waals surface area contributed by atoms with Gasteiger partial charge in [-0.25, -0.2) is 4.79 Å². The van der Waals surface area contributed by atoms with E-state index in [1.54, 1.807) is 0 Å². The summed E-state index contributed by atoms with van der Waals surface area (Å²) in [6.07, 6.45) is 3.12. The van der Waals surface area contributed by atoms with Gasteiger partial charge in [0.25, 0.3) is 0 Å². The Hall–Kier alpha value is -1.81. The standard InChI is InChI=1S/C15H20N2O2/c1-2-8-15(9-10-16-12-15)17-14(18)19-11-13-6-4-3-5-7-13/h2-7,16H,1,8-12H2,(H,17,18). The van der Waals surface area contributed by atoms with Crippen LogP contribution in [0.15, 0.2) is 43.0 Å². The van der Waals surface area contributed by atoms with Crippen molar-refractivity contribution in [1.82, 2.24) is 10.6 Å². The molecule has 1 heterocycles. The Morgan fingerprint density at radius 3 is 2.89 bits per heavy atom. The van der Waals surface area contributed by atoms with Crippen LogP contribution in [-0.4, -0.2) is 24.7 Å². The third-order valence-corrected chi connectivity index (χ3v) is 3.36. The minimum Gasteiger partial charge on any atom is -0.445 e. The van der Waals surface area contributed by atoms with Crippen molar-refractivity contribution in [3.05, 3.63) is 48.6 Å². The Bertz CT molecular complexity index is 425. The molecule has 102 valence electrons. The number of carbonyl (C=O) groups excluding carboxylic acids is 1. The number of nitrogens with one attached hydrogen (secondary N) is 2. The summed E-state index contributed by atoms with van der Waals surface area (Å²) in [7, 11) is 0. The van der Waals surface area contributed by atoms with Gasteiger partial charge in [0.05, 0.1) is 5.54 Å². The van der Waals surface area contributed by atoms with Crippen LogP contribution in [-0.2, 0) is 11.3 Å². The Kier molecular flexibility index (Phi) is 4.58. The first kappa shape index (κ1) is 13.6. The second-order valence-corrected chi connectivity index (χ2v) is 4.89. The highest BCUT2D eigenvalue weighted by atomic mass is 16.5. The van der Waals surface area contributed by atoms with Crippen molar-refractivity contribution in [1.29, 1.82) is 0 Å². The minimum absolute atomic E-state index is 0.241. The molecule has 1 aromatic rings. The van der Waals surface area contributed by atoms with Crippen molar-refractivity contribution in [2.45, 2.75) is 25.0 Å². The molecule has 19 heavy (non-hydrogen) atoms. The second kappa shape index (κ2) is 6.38. The van der Waals surface area contributed by atoms with Gasteiger partial charge in [0.15, 0.2) is 0 Å². The number of carbonyl (C=O) groups is 1. The molecule has 1 atom stereocenters. The lowest BCUT2D eigenvalue weighted by molar-refractivity contribution is 0.128. The van der Waals surface area contributed by atoms with Crippen LogP contribution in [0.4, 0.5) is 4.79 Å². The summed E-state index contributed by atoms with van der Waals surface area (Å²) in [5, 5.41) is 6.23. The van der Waals surface area contributed by atoms with E-state index >= 15 is 0 Å². The van der Waals surface area contributed by atoms with Crippen molar-refractivity contribution in [2.75, 3.05) is 13.1 Å². The van der Waals surface area contributed by atoms with Crippen LogP contribution in [0.1, 0.15) is 18.4 Å². The van der Waals surface area contributed by atoms with E-state index in [0.29, 0.717) is 6.61 Å². The van der Waals surface area contributed by atoms with Crippen LogP contribution in [0.2, 0.25) is 0 Å². The summed E-state index contributed by atoms with van der Waals surface area (Å²) in [4.78, 5) is 11.9. The summed E-state index contributed by atoms with van der Waals surface area (Å²) >= 11 is 0. The van der Waals surface area contributed by atoms with Crippen molar-refractivity contribution in [3.8, 4) is 0 Å². The van der Waals surface area contributed by atoms with E-state index in [4.69, 9.17) is 4.74 Å². The number of alkyl carbamates (subject to hydrolysis) is 1. The molecule has 0 radical (unpaired) electrons. The fraction of sp³-hybridized carbons (Fsp3) is 0.400. The van der Waals surface area contributed by atoms with Gasteiger partial charge in [0.2, 0.25) is 0 Å². The van der Waals surface area contributed by atoms with E-state index in [-0.39, 0.29) is 11.6 Å². The molecular weight excluding hydrogens is 240 g/mol. The van der Waals surface area contributed by atoms with Gasteiger partial charge in [0, 0.05) is 6.54 Å². The van der Waals surface area contributed by atoms with Gasteiger partial charge in [-0.3, -0.25) is 0 Å². The Morgan fingerprint density at radius 2 is 2.26 bits per heavy atom. The van der Waals surface area contributed by atoms with Crippen LogP contribution in [0.5, 0.6) is 0 Å². The summed E-state index contributed by atoms with van der Waals surface area (Å²) in [6, 6.07) is 9.66. The van der Waals surface area contributed by atoms with Crippen LogP contribution in [0, 0.1) is 0 Å². The molecule has 4 nitrogen and oxygen atoms in total. The first-order valence-corrected chi connectivity index (χ1v) is 6.55. The number of rotatable bonds is 5. The van der Waals surface area contributed by atoms with Crippen molar-refractivity contribution < 1.29 is 9.53 Å². The van der Waals surface area contributed by atoms with E-state index in [2.05, 4.69) is 17.2 Å². The number of hydrogen-bond donors (Lipinski definition) is 2. The van der Waals surface area contributed by atoms with Crippen molar-refractivity contribution in [3.63, 3.8) is 0 Å². The monoisotopic (exact) mass is 260 g/mol. The van der Waals surface area contributed by atoms with E-state index in [0.717, 1.165) is 31.5 Å². The average molecular weight is 260 g/mol. The van der Waals surface area contributed by atoms with Gasteiger partial charge in [0.1, 0.15) is 6.61 Å². The fourth-order valence-corrected chi connectivity index (χ4v) is 2.33. The molecule has 1 saturated heterocycles. The summed E-state index contributed by atoms with van der Waals surface area (Å²) in [5.74, 6) is 0.